The third kappa shape index (κ3) is 5.80. The van der Waals surface area contributed by atoms with E-state index >= 15 is 0 Å². The molecule has 0 saturated carbocycles. The van der Waals surface area contributed by atoms with Crippen LogP contribution in [0.5, 0.6) is 0 Å². The zero-order valence-corrected chi connectivity index (χ0v) is 18.1. The molecule has 1 N–H and O–H groups in total. The molecule has 2 aromatic rings. The molecule has 0 amide bonds. The summed E-state index contributed by atoms with van der Waals surface area (Å²) in [5, 5.41) is 7.88. The molecule has 0 aliphatic carbocycles. The molecule has 1 aliphatic rings. The molecule has 0 atom stereocenters. The molecule has 2 heterocycles. The Kier molecular flexibility index (Phi) is 6.92. The summed E-state index contributed by atoms with van der Waals surface area (Å²) in [6.45, 7) is 2.67. The molecular weight excluding hydrogens is 388 g/mol. The summed E-state index contributed by atoms with van der Waals surface area (Å²) in [6, 6.07) is 10.0. The highest BCUT2D eigenvalue weighted by molar-refractivity contribution is 7.88. The highest BCUT2D eigenvalue weighted by Crippen LogP contribution is 2.18. The van der Waals surface area contributed by atoms with E-state index in [-0.39, 0.29) is 0 Å². The Morgan fingerprint density at radius 2 is 1.97 bits per heavy atom. The maximum absolute atomic E-state index is 11.6. The number of piperidine rings is 1. The fourth-order valence-corrected chi connectivity index (χ4v) is 4.45. The van der Waals surface area contributed by atoms with Crippen molar-refractivity contribution >= 4 is 16.0 Å². The van der Waals surface area contributed by atoms with Crippen LogP contribution < -0.4 is 5.32 Å². The molecule has 1 fully saturated rings. The molecule has 29 heavy (non-hydrogen) atoms. The molecule has 3 rings (SSSR count). The van der Waals surface area contributed by atoms with Crippen LogP contribution in [-0.4, -0.2) is 73.3 Å². The van der Waals surface area contributed by atoms with Gasteiger partial charge in [-0.05, 0) is 30.9 Å². The van der Waals surface area contributed by atoms with Crippen molar-refractivity contribution in [3.63, 3.8) is 0 Å². The van der Waals surface area contributed by atoms with Crippen molar-refractivity contribution in [3.8, 4) is 5.69 Å². The molecule has 0 spiro atoms. The number of benzene rings is 1. The average molecular weight is 419 g/mol. The summed E-state index contributed by atoms with van der Waals surface area (Å²) in [4.78, 5) is 6.45. The molecule has 1 saturated heterocycles. The number of hydrogen-bond acceptors (Lipinski definition) is 4. The Bertz CT molecular complexity index is 917. The highest BCUT2D eigenvalue weighted by atomic mass is 32.2. The van der Waals surface area contributed by atoms with Crippen molar-refractivity contribution in [3.05, 3.63) is 48.3 Å². The van der Waals surface area contributed by atoms with Crippen LogP contribution in [0.25, 0.3) is 5.69 Å². The first kappa shape index (κ1) is 21.3. The second kappa shape index (κ2) is 9.41. The zero-order chi connectivity index (χ0) is 20.9. The van der Waals surface area contributed by atoms with Crippen molar-refractivity contribution in [2.45, 2.75) is 19.4 Å². The van der Waals surface area contributed by atoms with E-state index in [1.807, 2.05) is 54.5 Å². The first-order chi connectivity index (χ1) is 13.9. The number of hydrogen-bond donors (Lipinski definition) is 1. The lowest BCUT2D eigenvalue weighted by Gasteiger charge is -2.31. The van der Waals surface area contributed by atoms with Gasteiger partial charge in [0.15, 0.2) is 5.96 Å². The Hall–Kier alpha value is -2.39. The van der Waals surface area contributed by atoms with Gasteiger partial charge in [0.25, 0.3) is 0 Å². The highest BCUT2D eigenvalue weighted by Gasteiger charge is 2.25. The molecule has 0 radical (unpaired) electrons. The van der Waals surface area contributed by atoms with E-state index in [1.54, 1.807) is 11.4 Å². The number of aliphatic imine (C=N–C) groups is 1. The van der Waals surface area contributed by atoms with Gasteiger partial charge in [-0.1, -0.05) is 18.2 Å². The number of aromatic nitrogens is 2. The van der Waals surface area contributed by atoms with Gasteiger partial charge in [-0.3, -0.25) is 4.99 Å². The van der Waals surface area contributed by atoms with E-state index in [1.165, 1.54) is 6.26 Å². The fourth-order valence-electron chi connectivity index (χ4n) is 3.58. The maximum atomic E-state index is 11.6. The Labute approximate surface area is 173 Å². The summed E-state index contributed by atoms with van der Waals surface area (Å²) < 4.78 is 26.7. The van der Waals surface area contributed by atoms with Crippen LogP contribution >= 0.6 is 0 Å². The van der Waals surface area contributed by atoms with Crippen LogP contribution in [0.15, 0.2) is 47.7 Å². The summed E-state index contributed by atoms with van der Waals surface area (Å²) in [5.74, 6) is 1.27. The van der Waals surface area contributed by atoms with Crippen LogP contribution in [0.3, 0.4) is 0 Å². The minimum absolute atomic E-state index is 0.444. The number of nitrogens with one attached hydrogen (secondary N) is 1. The van der Waals surface area contributed by atoms with Crippen LogP contribution in [-0.2, 0) is 16.6 Å². The summed E-state index contributed by atoms with van der Waals surface area (Å²) in [5.41, 5.74) is 2.13. The Morgan fingerprint density at radius 1 is 1.28 bits per heavy atom. The number of sulfonamides is 1. The molecule has 1 aromatic heterocycles. The van der Waals surface area contributed by atoms with Crippen molar-refractivity contribution < 1.29 is 8.42 Å². The van der Waals surface area contributed by atoms with Crippen LogP contribution in [0, 0.1) is 5.92 Å². The van der Waals surface area contributed by atoms with E-state index < -0.39 is 10.0 Å². The van der Waals surface area contributed by atoms with Gasteiger partial charge in [-0.15, -0.1) is 0 Å². The molecular formula is C20H30N6O2S. The molecule has 8 nitrogen and oxygen atoms in total. The van der Waals surface area contributed by atoms with E-state index in [4.69, 9.17) is 0 Å². The molecule has 1 aromatic carbocycles. The lowest BCUT2D eigenvalue weighted by atomic mass is 9.98. The average Bonchev–Trinajstić information content (AvgIpc) is 3.17. The third-order valence-corrected chi connectivity index (χ3v) is 6.54. The first-order valence-corrected chi connectivity index (χ1v) is 11.7. The second-order valence-corrected chi connectivity index (χ2v) is 9.50. The van der Waals surface area contributed by atoms with Gasteiger partial charge in [-0.25, -0.2) is 17.4 Å². The van der Waals surface area contributed by atoms with Gasteiger partial charge in [0, 0.05) is 52.0 Å². The number of para-hydroxylation sites is 1. The van der Waals surface area contributed by atoms with Crippen molar-refractivity contribution in [1.82, 2.24) is 24.3 Å². The quantitative estimate of drug-likeness (QED) is 0.569. The maximum Gasteiger partial charge on any atom is 0.211 e. The van der Waals surface area contributed by atoms with Gasteiger partial charge in [0.2, 0.25) is 10.0 Å². The number of rotatable bonds is 6. The Balaban J connectivity index is 1.50. The van der Waals surface area contributed by atoms with Crippen LogP contribution in [0.4, 0.5) is 0 Å². The molecule has 1 aliphatic heterocycles. The van der Waals surface area contributed by atoms with Crippen molar-refractivity contribution in [2.24, 2.45) is 10.9 Å². The van der Waals surface area contributed by atoms with E-state index in [9.17, 15) is 8.42 Å². The monoisotopic (exact) mass is 418 g/mol. The largest absolute Gasteiger partial charge is 0.356 e. The minimum atomic E-state index is -3.08. The van der Waals surface area contributed by atoms with Gasteiger partial charge >= 0.3 is 0 Å². The standard InChI is InChI=1S/C20H30N6O2S/c1-21-20(22-13-17-9-11-25(12-10-17)29(3,27)28)24(2)15-18-14-23-26(16-18)19-7-5-4-6-8-19/h4-8,14,16-17H,9-13,15H2,1-3H3,(H,21,22). The van der Waals surface area contributed by atoms with E-state index in [0.29, 0.717) is 25.6 Å². The lowest BCUT2D eigenvalue weighted by Crippen LogP contribution is -2.44. The summed E-state index contributed by atoms with van der Waals surface area (Å²) in [7, 11) is 0.699. The predicted octanol–water partition coefficient (Wildman–Crippen LogP) is 1.55. The molecule has 0 bridgehead atoms. The first-order valence-electron chi connectivity index (χ1n) is 9.82. The third-order valence-electron chi connectivity index (χ3n) is 5.24. The number of nitrogens with zero attached hydrogens (tertiary/aromatic N) is 5. The van der Waals surface area contributed by atoms with E-state index in [0.717, 1.165) is 36.6 Å². The van der Waals surface area contributed by atoms with Gasteiger partial charge in [0.1, 0.15) is 0 Å². The smallest absolute Gasteiger partial charge is 0.211 e. The van der Waals surface area contributed by atoms with Crippen molar-refractivity contribution in [1.29, 1.82) is 0 Å². The molecule has 9 heteroatoms. The van der Waals surface area contributed by atoms with Gasteiger partial charge < -0.3 is 10.2 Å². The van der Waals surface area contributed by atoms with E-state index in [2.05, 4.69) is 20.3 Å². The zero-order valence-electron chi connectivity index (χ0n) is 17.3. The SMILES string of the molecule is CN=C(NCC1CCN(S(C)(=O)=O)CC1)N(C)Cc1cnn(-c2ccccc2)c1. The normalized spacial score (nSPS) is 16.7. The van der Waals surface area contributed by atoms with Crippen LogP contribution in [0.1, 0.15) is 18.4 Å². The molecule has 158 valence electrons. The lowest BCUT2D eigenvalue weighted by molar-refractivity contribution is 0.273. The number of guanidine groups is 1. The summed E-state index contributed by atoms with van der Waals surface area (Å²) >= 11 is 0. The topological polar surface area (TPSA) is 82.8 Å². The van der Waals surface area contributed by atoms with Crippen molar-refractivity contribution in [2.75, 3.05) is 40.0 Å². The van der Waals surface area contributed by atoms with Gasteiger partial charge in [0.05, 0.1) is 18.1 Å². The minimum Gasteiger partial charge on any atom is -0.356 e. The van der Waals surface area contributed by atoms with Crippen LogP contribution in [0.2, 0.25) is 0 Å². The molecule has 0 unspecified atom stereocenters. The second-order valence-electron chi connectivity index (χ2n) is 7.52. The Morgan fingerprint density at radius 3 is 2.59 bits per heavy atom. The van der Waals surface area contributed by atoms with Gasteiger partial charge in [-0.2, -0.15) is 5.10 Å². The predicted molar refractivity (Wildman–Crippen MR) is 116 cm³/mol. The fraction of sp³-hybridized carbons (Fsp3) is 0.500. The summed E-state index contributed by atoms with van der Waals surface area (Å²) in [6.07, 6.45) is 6.91.